The van der Waals surface area contributed by atoms with Crippen molar-refractivity contribution in [3.8, 4) is 11.5 Å². The van der Waals surface area contributed by atoms with Crippen LogP contribution in [0.15, 0.2) is 149 Å². The number of aromatic nitrogens is 2. The van der Waals surface area contributed by atoms with E-state index in [0.717, 1.165) is 28.0 Å². The molecule has 1 heterocycles. The third-order valence-electron chi connectivity index (χ3n) is 9.26. The van der Waals surface area contributed by atoms with Crippen molar-refractivity contribution in [3.05, 3.63) is 173 Å². The quantitative estimate of drug-likeness (QED) is 0.0704. The van der Waals surface area contributed by atoms with Crippen LogP contribution in [0.1, 0.15) is 33.9 Å². The number of nitrogens with two attached hydrogens (primary N) is 1. The van der Waals surface area contributed by atoms with Crippen LogP contribution in [-0.4, -0.2) is 63.5 Å². The van der Waals surface area contributed by atoms with Gasteiger partial charge >= 0.3 is 6.09 Å². The van der Waals surface area contributed by atoms with Crippen LogP contribution in [0, 0.1) is 0 Å². The third-order valence-corrected chi connectivity index (χ3v) is 10.9. The highest BCUT2D eigenvalue weighted by Gasteiger charge is 2.41. The van der Waals surface area contributed by atoms with Gasteiger partial charge in [-0.05, 0) is 69.8 Å². The average molecular weight is 875 g/mol. The highest BCUT2D eigenvalue weighted by Crippen LogP contribution is 2.27. The van der Waals surface area contributed by atoms with E-state index >= 15 is 4.79 Å². The van der Waals surface area contributed by atoms with E-state index in [9.17, 15) is 24.3 Å². The molecule has 6 aromatic rings. The Labute approximate surface area is 365 Å². The summed E-state index contributed by atoms with van der Waals surface area (Å²) in [4.78, 5) is 71.0. The summed E-state index contributed by atoms with van der Waals surface area (Å²) in [6, 6.07) is 35.4. The molecule has 6 rings (SSSR count). The van der Waals surface area contributed by atoms with E-state index in [1.807, 2.05) is 36.4 Å². The molecule has 0 fully saturated rings. The van der Waals surface area contributed by atoms with Gasteiger partial charge in [0.15, 0.2) is 0 Å². The first kappa shape index (κ1) is 44.5. The van der Waals surface area contributed by atoms with Crippen LogP contribution < -0.4 is 30.9 Å². The molecule has 62 heavy (non-hydrogen) atoms. The zero-order valence-electron chi connectivity index (χ0n) is 33.2. The molecule has 5 amide bonds. The maximum Gasteiger partial charge on any atom is 0.407 e. The van der Waals surface area contributed by atoms with Crippen LogP contribution in [0.5, 0.6) is 11.5 Å². The molecule has 5 aromatic carbocycles. The summed E-state index contributed by atoms with van der Waals surface area (Å²) in [5, 5.41) is 21.8. The Balaban J connectivity index is 1.27. The molecular weight excluding hydrogens is 831 g/mol. The predicted molar refractivity (Wildman–Crippen MR) is 231 cm³/mol. The zero-order chi connectivity index (χ0) is 43.7. The first-order valence-electron chi connectivity index (χ1n) is 19.4. The molecule has 0 saturated heterocycles. The number of rotatable bonds is 19. The second kappa shape index (κ2) is 22.5. The minimum atomic E-state index is -1.57. The average Bonchev–Trinajstić information content (AvgIpc) is 3.83. The number of nitrogens with zero attached hydrogens (tertiary/aromatic N) is 2. The van der Waals surface area contributed by atoms with Gasteiger partial charge in [0.1, 0.15) is 43.3 Å². The highest BCUT2D eigenvalue weighted by molar-refractivity contribution is 7.99. The molecule has 7 N–H and O–H groups in total. The summed E-state index contributed by atoms with van der Waals surface area (Å²) < 4.78 is 14.3. The van der Waals surface area contributed by atoms with Crippen LogP contribution >= 0.6 is 23.3 Å². The normalized spacial score (nSPS) is 12.2. The lowest BCUT2D eigenvalue weighted by molar-refractivity contribution is -0.451. The highest BCUT2D eigenvalue weighted by atomic mass is 32.2. The predicted octanol–water partition coefficient (Wildman–Crippen LogP) is 4.69. The number of aromatic amines is 1. The summed E-state index contributed by atoms with van der Waals surface area (Å²) in [5.41, 5.74) is 11.4. The van der Waals surface area contributed by atoms with Gasteiger partial charge in [-0.25, -0.2) is 4.79 Å². The van der Waals surface area contributed by atoms with Gasteiger partial charge in [-0.3, -0.25) is 28.8 Å². The lowest BCUT2D eigenvalue weighted by Gasteiger charge is -2.34. The van der Waals surface area contributed by atoms with E-state index in [1.54, 1.807) is 96.5 Å². The molecule has 0 aliphatic carbocycles. The number of hydrogen-bond acceptors (Lipinski definition) is 12. The SMILES string of the molecule is N[C@@H](Cc1ccc(OCc2ccccc2)cc1)C(=O)N(C(=O)[C@H](Cc1ccc(O)cc1)NC(=O)CNC(=O)OCc1ccccc1)C(C(=O)NSc1n[nH+]cs1)c1ccccc1. The van der Waals surface area contributed by atoms with Gasteiger partial charge in [-0.2, -0.15) is 0 Å². The van der Waals surface area contributed by atoms with Crippen molar-refractivity contribution in [2.45, 2.75) is 48.5 Å². The van der Waals surface area contributed by atoms with E-state index < -0.39 is 54.4 Å². The fraction of sp³-hybridized carbons (Fsp3) is 0.178. The van der Waals surface area contributed by atoms with Gasteiger partial charge < -0.3 is 30.9 Å². The molecule has 0 aliphatic heterocycles. The van der Waals surface area contributed by atoms with Crippen molar-refractivity contribution < 1.29 is 43.7 Å². The first-order chi connectivity index (χ1) is 30.1. The molecule has 15 nitrogen and oxygen atoms in total. The van der Waals surface area contributed by atoms with Crippen LogP contribution in [0.25, 0.3) is 0 Å². The standard InChI is InChI=1S/C45H43N7O8S2/c46-37(24-30-18-22-36(23-19-30)59-27-32-10-4-1-5-11-32)42(56)52(40(34-14-8-3-9-15-34)41(55)51-62-45-50-48-29-61-45)43(57)38(25-31-16-20-35(53)21-17-31)49-39(54)26-47-44(58)60-28-33-12-6-2-7-13-33/h1-23,29,37-38,40,53H,24-28,46H2,(H,47,58)(H,49,54)(H,51,55)/p+1/t37-,38-,40?/m0/s1. The number of phenolic OH excluding ortho intramolecular Hbond substituents is 1. The summed E-state index contributed by atoms with van der Waals surface area (Å²) in [6.07, 6.45) is -1.09. The van der Waals surface area contributed by atoms with Gasteiger partial charge in [0.25, 0.3) is 17.3 Å². The largest absolute Gasteiger partial charge is 0.508 e. The third kappa shape index (κ3) is 13.2. The maximum atomic E-state index is 15.1. The van der Waals surface area contributed by atoms with Gasteiger partial charge in [-0.1, -0.05) is 120 Å². The maximum absolute atomic E-state index is 15.1. The van der Waals surface area contributed by atoms with Crippen LogP contribution in [-0.2, 0) is 50.0 Å². The summed E-state index contributed by atoms with van der Waals surface area (Å²) in [6.45, 7) is -0.273. The minimum absolute atomic E-state index is 0.0294. The van der Waals surface area contributed by atoms with Crippen molar-refractivity contribution in [2.24, 2.45) is 5.73 Å². The zero-order valence-corrected chi connectivity index (χ0v) is 34.9. The van der Waals surface area contributed by atoms with E-state index in [0.29, 0.717) is 27.8 Å². The van der Waals surface area contributed by atoms with Gasteiger partial charge in [-0.15, -0.1) is 0 Å². The van der Waals surface area contributed by atoms with Gasteiger partial charge in [0, 0.05) is 23.5 Å². The molecule has 318 valence electrons. The van der Waals surface area contributed by atoms with Gasteiger partial charge in [0.05, 0.1) is 6.04 Å². The summed E-state index contributed by atoms with van der Waals surface area (Å²) in [7, 11) is 0. The molecule has 0 spiro atoms. The molecule has 0 saturated carbocycles. The second-order valence-electron chi connectivity index (χ2n) is 13.8. The Bertz CT molecular complexity index is 2380. The lowest BCUT2D eigenvalue weighted by atomic mass is 9.98. The Morgan fingerprint density at radius 3 is 1.97 bits per heavy atom. The van der Waals surface area contributed by atoms with Crippen molar-refractivity contribution in [1.82, 2.24) is 25.4 Å². The number of H-pyrrole nitrogens is 1. The molecule has 1 unspecified atom stereocenters. The second-order valence-corrected chi connectivity index (χ2v) is 15.7. The first-order valence-corrected chi connectivity index (χ1v) is 21.1. The minimum Gasteiger partial charge on any atom is -0.508 e. The Hall–Kier alpha value is -7.08. The van der Waals surface area contributed by atoms with Gasteiger partial charge in [0.2, 0.25) is 16.2 Å². The van der Waals surface area contributed by atoms with E-state index in [4.69, 9.17) is 15.2 Å². The monoisotopic (exact) mass is 874 g/mol. The number of carbonyl (C=O) groups excluding carboxylic acids is 5. The van der Waals surface area contributed by atoms with Crippen LogP contribution in [0.3, 0.4) is 0 Å². The number of benzene rings is 5. The number of phenols is 1. The Morgan fingerprint density at radius 2 is 1.34 bits per heavy atom. The summed E-state index contributed by atoms with van der Waals surface area (Å²) in [5.74, 6) is -2.83. The number of imide groups is 1. The van der Waals surface area contributed by atoms with Crippen molar-refractivity contribution >= 4 is 53.0 Å². The van der Waals surface area contributed by atoms with Crippen LogP contribution in [0.4, 0.5) is 4.79 Å². The number of carbonyl (C=O) groups is 5. The van der Waals surface area contributed by atoms with E-state index in [-0.39, 0.29) is 30.8 Å². The fourth-order valence-electron chi connectivity index (χ4n) is 6.19. The Kier molecular flexibility index (Phi) is 16.1. The molecule has 0 bridgehead atoms. The number of hydrogen-bond donors (Lipinski definition) is 5. The van der Waals surface area contributed by atoms with Crippen LogP contribution in [0.2, 0.25) is 0 Å². The van der Waals surface area contributed by atoms with Crippen molar-refractivity contribution in [2.75, 3.05) is 6.54 Å². The number of amides is 5. The summed E-state index contributed by atoms with van der Waals surface area (Å²) >= 11 is 2.11. The van der Waals surface area contributed by atoms with Crippen molar-refractivity contribution in [3.63, 3.8) is 0 Å². The number of aromatic hydroxyl groups is 1. The lowest BCUT2D eigenvalue weighted by Crippen LogP contribution is -2.58. The molecular formula is C45H44N7O8S2+. The van der Waals surface area contributed by atoms with E-state index in [1.165, 1.54) is 23.5 Å². The smallest absolute Gasteiger partial charge is 0.407 e. The van der Waals surface area contributed by atoms with E-state index in [2.05, 4.69) is 25.6 Å². The topological polar surface area (TPSA) is 216 Å². The fourth-order valence-corrected chi connectivity index (χ4v) is 7.36. The van der Waals surface area contributed by atoms with Crippen molar-refractivity contribution in [1.29, 1.82) is 0 Å². The molecule has 1 aromatic heterocycles. The molecule has 3 atom stereocenters. The molecule has 0 aliphatic rings. The number of nitrogens with one attached hydrogen (secondary N) is 4. The Morgan fingerprint density at radius 1 is 0.742 bits per heavy atom. The molecule has 17 heteroatoms. The molecule has 0 radical (unpaired) electrons. The number of ether oxygens (including phenoxy) is 2. The number of alkyl carbamates (subject to hydrolysis) is 1.